The van der Waals surface area contributed by atoms with Gasteiger partial charge in [0.25, 0.3) is 0 Å². The van der Waals surface area contributed by atoms with Gasteiger partial charge in [0.15, 0.2) is 5.65 Å². The largest absolute Gasteiger partial charge is 0.225 e. The van der Waals surface area contributed by atoms with Gasteiger partial charge in [-0.1, -0.05) is 23.8 Å². The molecule has 0 saturated carbocycles. The molecule has 0 saturated heterocycles. The molecule has 0 bridgehead atoms. The Morgan fingerprint density at radius 2 is 2.06 bits per heavy atom. The molecule has 2 rings (SSSR count). The van der Waals surface area contributed by atoms with Crippen molar-refractivity contribution in [2.24, 2.45) is 0 Å². The van der Waals surface area contributed by atoms with Crippen LogP contribution >= 0.6 is 23.2 Å². The maximum atomic E-state index is 5.97. The number of allylic oxidation sites excluding steroid dienone is 4. The summed E-state index contributed by atoms with van der Waals surface area (Å²) in [5.74, 6) is 0. The van der Waals surface area contributed by atoms with E-state index in [0.717, 1.165) is 5.70 Å². The molecule has 4 nitrogen and oxygen atoms in total. The Morgan fingerprint density at radius 3 is 2.71 bits per heavy atom. The van der Waals surface area contributed by atoms with Crippen LogP contribution in [0.5, 0.6) is 0 Å². The van der Waals surface area contributed by atoms with Crippen molar-refractivity contribution >= 4 is 39.9 Å². The van der Waals surface area contributed by atoms with E-state index in [-0.39, 0.29) is 5.28 Å². The number of hydrogen-bond acceptors (Lipinski definition) is 3. The maximum Gasteiger partial charge on any atom is 0.225 e. The predicted molar refractivity (Wildman–Crippen MR) is 70.1 cm³/mol. The van der Waals surface area contributed by atoms with Gasteiger partial charge in [-0.15, -0.1) is 0 Å². The highest BCUT2D eigenvalue weighted by Gasteiger charge is 2.11. The van der Waals surface area contributed by atoms with Gasteiger partial charge in [-0.3, -0.25) is 0 Å². The summed E-state index contributed by atoms with van der Waals surface area (Å²) in [4.78, 5) is 8.02. The SMILES string of the molecule is C/C=C\C(=C/C)n1ncc2c(Cl)nc(Cl)nc21. The summed E-state index contributed by atoms with van der Waals surface area (Å²) in [6.45, 7) is 3.86. The fourth-order valence-corrected chi connectivity index (χ4v) is 1.92. The van der Waals surface area contributed by atoms with Gasteiger partial charge in [-0.2, -0.15) is 10.1 Å². The molecule has 0 aliphatic rings. The highest BCUT2D eigenvalue weighted by molar-refractivity contribution is 6.35. The summed E-state index contributed by atoms with van der Waals surface area (Å²) < 4.78 is 1.68. The van der Waals surface area contributed by atoms with Crippen molar-refractivity contribution < 1.29 is 0 Å². The Kier molecular flexibility index (Phi) is 3.45. The minimum atomic E-state index is 0.111. The number of halogens is 2. The summed E-state index contributed by atoms with van der Waals surface area (Å²) in [6.07, 6.45) is 7.40. The Bertz CT molecular complexity index is 613. The Balaban J connectivity index is 2.71. The van der Waals surface area contributed by atoms with E-state index in [4.69, 9.17) is 23.2 Å². The minimum Gasteiger partial charge on any atom is -0.215 e. The molecule has 0 spiro atoms. The summed E-state index contributed by atoms with van der Waals surface area (Å²) in [5.41, 5.74) is 1.49. The van der Waals surface area contributed by atoms with Gasteiger partial charge in [0.2, 0.25) is 5.28 Å². The van der Waals surface area contributed by atoms with Gasteiger partial charge < -0.3 is 0 Å². The zero-order chi connectivity index (χ0) is 12.4. The van der Waals surface area contributed by atoms with E-state index in [1.807, 2.05) is 32.1 Å². The molecule has 88 valence electrons. The Morgan fingerprint density at radius 1 is 1.29 bits per heavy atom. The van der Waals surface area contributed by atoms with Gasteiger partial charge in [0.1, 0.15) is 5.15 Å². The second-order valence-electron chi connectivity index (χ2n) is 3.29. The highest BCUT2D eigenvalue weighted by atomic mass is 35.5. The van der Waals surface area contributed by atoms with Crippen LogP contribution in [0.4, 0.5) is 0 Å². The van der Waals surface area contributed by atoms with Crippen molar-refractivity contribution in [3.8, 4) is 0 Å². The van der Waals surface area contributed by atoms with Crippen LogP contribution in [-0.2, 0) is 0 Å². The number of nitrogens with zero attached hydrogens (tertiary/aromatic N) is 4. The minimum absolute atomic E-state index is 0.111. The zero-order valence-electron chi connectivity index (χ0n) is 9.35. The molecule has 2 heterocycles. The van der Waals surface area contributed by atoms with E-state index in [9.17, 15) is 0 Å². The summed E-state index contributed by atoms with van der Waals surface area (Å²) in [7, 11) is 0. The van der Waals surface area contributed by atoms with Gasteiger partial charge >= 0.3 is 0 Å². The zero-order valence-corrected chi connectivity index (χ0v) is 10.9. The molecule has 0 unspecified atom stereocenters. The normalized spacial score (nSPS) is 12.8. The summed E-state index contributed by atoms with van der Waals surface area (Å²) in [6, 6.07) is 0. The average molecular weight is 269 g/mol. The van der Waals surface area contributed by atoms with Crippen molar-refractivity contribution in [2.45, 2.75) is 13.8 Å². The molecule has 2 aromatic rings. The lowest BCUT2D eigenvalue weighted by Crippen LogP contribution is -1.98. The monoisotopic (exact) mass is 268 g/mol. The van der Waals surface area contributed by atoms with Crippen LogP contribution in [0.15, 0.2) is 24.4 Å². The second-order valence-corrected chi connectivity index (χ2v) is 3.99. The maximum absolute atomic E-state index is 5.97. The van der Waals surface area contributed by atoms with Gasteiger partial charge in [-0.25, -0.2) is 9.67 Å². The molecule has 0 N–H and O–H groups in total. The van der Waals surface area contributed by atoms with E-state index in [1.165, 1.54) is 0 Å². The van der Waals surface area contributed by atoms with Crippen LogP contribution in [0, 0.1) is 0 Å². The van der Waals surface area contributed by atoms with Crippen LogP contribution in [-0.4, -0.2) is 19.7 Å². The molecule has 2 aromatic heterocycles. The van der Waals surface area contributed by atoms with Crippen LogP contribution < -0.4 is 0 Å². The first-order valence-corrected chi connectivity index (χ1v) is 5.79. The smallest absolute Gasteiger partial charge is 0.215 e. The first-order valence-electron chi connectivity index (χ1n) is 5.03. The molecule has 0 aliphatic carbocycles. The first kappa shape index (κ1) is 12.1. The van der Waals surface area contributed by atoms with Crippen molar-refractivity contribution in [1.82, 2.24) is 19.7 Å². The van der Waals surface area contributed by atoms with Crippen molar-refractivity contribution in [3.05, 3.63) is 34.9 Å². The fourth-order valence-electron chi connectivity index (χ4n) is 1.50. The third-order valence-corrected chi connectivity index (χ3v) is 2.69. The highest BCUT2D eigenvalue weighted by Crippen LogP contribution is 2.23. The second kappa shape index (κ2) is 4.85. The summed E-state index contributed by atoms with van der Waals surface area (Å²) >= 11 is 11.8. The van der Waals surface area contributed by atoms with Crippen LogP contribution in [0.25, 0.3) is 16.7 Å². The third-order valence-electron chi connectivity index (χ3n) is 2.23. The van der Waals surface area contributed by atoms with Gasteiger partial charge in [-0.05, 0) is 31.5 Å². The van der Waals surface area contributed by atoms with Crippen molar-refractivity contribution in [3.63, 3.8) is 0 Å². The van der Waals surface area contributed by atoms with Crippen molar-refractivity contribution in [1.29, 1.82) is 0 Å². The molecule has 0 aliphatic heterocycles. The van der Waals surface area contributed by atoms with Gasteiger partial charge in [0.05, 0.1) is 17.3 Å². The lowest BCUT2D eigenvalue weighted by atomic mass is 10.3. The van der Waals surface area contributed by atoms with E-state index in [0.29, 0.717) is 16.2 Å². The van der Waals surface area contributed by atoms with Gasteiger partial charge in [0, 0.05) is 0 Å². The molecule has 0 atom stereocenters. The van der Waals surface area contributed by atoms with Crippen LogP contribution in [0.2, 0.25) is 10.4 Å². The molecule has 0 radical (unpaired) electrons. The molecule has 0 fully saturated rings. The number of rotatable bonds is 2. The Labute approximate surface area is 109 Å². The predicted octanol–water partition coefficient (Wildman–Crippen LogP) is 3.57. The Hall–Kier alpha value is -1.39. The molecular weight excluding hydrogens is 259 g/mol. The van der Waals surface area contributed by atoms with Crippen molar-refractivity contribution in [2.75, 3.05) is 0 Å². The standard InChI is InChI=1S/C11H10Cl2N4/c1-3-5-7(4-2)17-10-8(6-14-17)9(12)15-11(13)16-10/h3-6H,1-2H3/b5-3-,7-4+. The summed E-state index contributed by atoms with van der Waals surface area (Å²) in [5, 5.41) is 5.34. The van der Waals surface area contributed by atoms with E-state index in [2.05, 4.69) is 15.1 Å². The quantitative estimate of drug-likeness (QED) is 0.475. The molecule has 0 aromatic carbocycles. The lowest BCUT2D eigenvalue weighted by Gasteiger charge is -2.03. The number of fused-ring (bicyclic) bond motifs is 1. The van der Waals surface area contributed by atoms with E-state index in [1.54, 1.807) is 10.9 Å². The van der Waals surface area contributed by atoms with E-state index < -0.39 is 0 Å². The molecule has 6 heteroatoms. The van der Waals surface area contributed by atoms with E-state index >= 15 is 0 Å². The lowest BCUT2D eigenvalue weighted by molar-refractivity contribution is 0.922. The average Bonchev–Trinajstić information content (AvgIpc) is 2.69. The van der Waals surface area contributed by atoms with Crippen LogP contribution in [0.1, 0.15) is 13.8 Å². The van der Waals surface area contributed by atoms with Crippen LogP contribution in [0.3, 0.4) is 0 Å². The molecule has 17 heavy (non-hydrogen) atoms. The molecule has 0 amide bonds. The third kappa shape index (κ3) is 2.18. The molecular formula is C11H10Cl2N4. The topological polar surface area (TPSA) is 43.6 Å². The number of aromatic nitrogens is 4. The fraction of sp³-hybridized carbons (Fsp3) is 0.182. The number of hydrogen-bond donors (Lipinski definition) is 0. The first-order chi connectivity index (χ1) is 8.17.